The van der Waals surface area contributed by atoms with Gasteiger partial charge in [-0.3, -0.25) is 4.68 Å². The Kier molecular flexibility index (Phi) is 3.50. The zero-order valence-electron chi connectivity index (χ0n) is 12.4. The first-order valence-corrected chi connectivity index (χ1v) is 6.69. The van der Waals surface area contributed by atoms with Gasteiger partial charge in [-0.1, -0.05) is 39.0 Å². The minimum Gasteiger partial charge on any atom is -0.324 e. The van der Waals surface area contributed by atoms with Crippen LogP contribution in [0.25, 0.3) is 11.1 Å². The molecule has 0 spiro atoms. The number of rotatable bonds is 2. The molecule has 2 aromatic rings. The van der Waals surface area contributed by atoms with Crippen molar-refractivity contribution in [2.24, 2.45) is 12.8 Å². The maximum absolute atomic E-state index is 5.97. The Balaban J connectivity index is 2.56. The van der Waals surface area contributed by atoms with Gasteiger partial charge in [0.25, 0.3) is 0 Å². The normalized spacial score (nSPS) is 13.6. The summed E-state index contributed by atoms with van der Waals surface area (Å²) in [5.41, 5.74) is 10.7. The van der Waals surface area contributed by atoms with Crippen LogP contribution in [0.15, 0.2) is 30.5 Å². The topological polar surface area (TPSA) is 43.8 Å². The molecule has 1 heterocycles. The lowest BCUT2D eigenvalue weighted by Gasteiger charge is -2.18. The van der Waals surface area contributed by atoms with Crippen molar-refractivity contribution in [2.75, 3.05) is 0 Å². The van der Waals surface area contributed by atoms with E-state index in [0.717, 1.165) is 11.3 Å². The average molecular weight is 257 g/mol. The van der Waals surface area contributed by atoms with Crippen LogP contribution in [0.4, 0.5) is 0 Å². The summed E-state index contributed by atoms with van der Waals surface area (Å²) in [6, 6.07) is 8.47. The lowest BCUT2D eigenvalue weighted by molar-refractivity contribution is 0.554. The van der Waals surface area contributed by atoms with Gasteiger partial charge in [-0.2, -0.15) is 5.10 Å². The largest absolute Gasteiger partial charge is 0.324 e. The third-order valence-corrected chi connectivity index (χ3v) is 3.26. The van der Waals surface area contributed by atoms with Crippen molar-refractivity contribution in [3.05, 3.63) is 41.7 Å². The van der Waals surface area contributed by atoms with E-state index in [1.807, 2.05) is 18.7 Å². The van der Waals surface area contributed by atoms with E-state index < -0.39 is 0 Å². The number of nitrogens with zero attached hydrogens (tertiary/aromatic N) is 2. The summed E-state index contributed by atoms with van der Waals surface area (Å²) >= 11 is 0. The van der Waals surface area contributed by atoms with Gasteiger partial charge in [0.15, 0.2) is 0 Å². The van der Waals surface area contributed by atoms with Gasteiger partial charge in [-0.05, 0) is 24.1 Å². The monoisotopic (exact) mass is 257 g/mol. The molecule has 0 aliphatic carbocycles. The second kappa shape index (κ2) is 4.82. The summed E-state index contributed by atoms with van der Waals surface area (Å²) in [6.45, 7) is 8.57. The van der Waals surface area contributed by atoms with Crippen LogP contribution in [0.5, 0.6) is 0 Å². The van der Waals surface area contributed by atoms with E-state index in [1.165, 1.54) is 11.1 Å². The van der Waals surface area contributed by atoms with Crippen molar-refractivity contribution in [2.45, 2.75) is 39.2 Å². The summed E-state index contributed by atoms with van der Waals surface area (Å²) < 4.78 is 1.88. The Morgan fingerprint density at radius 1 is 1.26 bits per heavy atom. The Labute approximate surface area is 115 Å². The number of benzene rings is 1. The highest BCUT2D eigenvalue weighted by atomic mass is 15.3. The van der Waals surface area contributed by atoms with E-state index in [0.29, 0.717) is 0 Å². The Bertz CT molecular complexity index is 574. The lowest BCUT2D eigenvalue weighted by atomic mass is 9.87. The van der Waals surface area contributed by atoms with E-state index in [1.54, 1.807) is 0 Å². The van der Waals surface area contributed by atoms with Gasteiger partial charge < -0.3 is 5.73 Å². The van der Waals surface area contributed by atoms with Crippen molar-refractivity contribution in [1.29, 1.82) is 0 Å². The molecule has 1 unspecified atom stereocenters. The first-order chi connectivity index (χ1) is 8.79. The molecule has 0 amide bonds. The summed E-state index contributed by atoms with van der Waals surface area (Å²) in [7, 11) is 1.97. The second-order valence-corrected chi connectivity index (χ2v) is 6.23. The molecule has 0 saturated carbocycles. The Morgan fingerprint density at radius 3 is 2.53 bits per heavy atom. The molecule has 19 heavy (non-hydrogen) atoms. The quantitative estimate of drug-likeness (QED) is 0.896. The number of aryl methyl sites for hydroxylation is 1. The smallest absolute Gasteiger partial charge is 0.0756 e. The molecule has 3 nitrogen and oxygen atoms in total. The fourth-order valence-corrected chi connectivity index (χ4v) is 2.24. The van der Waals surface area contributed by atoms with Crippen LogP contribution in [-0.4, -0.2) is 9.78 Å². The average Bonchev–Trinajstić information content (AvgIpc) is 2.71. The van der Waals surface area contributed by atoms with Crippen LogP contribution < -0.4 is 5.73 Å². The Morgan fingerprint density at radius 2 is 1.95 bits per heavy atom. The molecule has 3 heteroatoms. The van der Waals surface area contributed by atoms with Crippen LogP contribution in [0.3, 0.4) is 0 Å². The van der Waals surface area contributed by atoms with Gasteiger partial charge in [0, 0.05) is 30.3 Å². The van der Waals surface area contributed by atoms with E-state index in [-0.39, 0.29) is 11.5 Å². The fraction of sp³-hybridized carbons (Fsp3) is 0.438. The highest BCUT2D eigenvalue weighted by Crippen LogP contribution is 2.32. The molecular formula is C16H23N3. The highest BCUT2D eigenvalue weighted by molar-refractivity contribution is 5.67. The van der Waals surface area contributed by atoms with Crippen molar-refractivity contribution in [3.63, 3.8) is 0 Å². The molecule has 1 aromatic heterocycles. The molecular weight excluding hydrogens is 234 g/mol. The second-order valence-electron chi connectivity index (χ2n) is 6.23. The summed E-state index contributed by atoms with van der Waals surface area (Å²) in [4.78, 5) is 0. The van der Waals surface area contributed by atoms with Gasteiger partial charge >= 0.3 is 0 Å². The molecule has 0 bridgehead atoms. The van der Waals surface area contributed by atoms with Crippen LogP contribution in [0.2, 0.25) is 0 Å². The van der Waals surface area contributed by atoms with Crippen LogP contribution in [0, 0.1) is 0 Å². The van der Waals surface area contributed by atoms with Crippen LogP contribution in [0.1, 0.15) is 45.0 Å². The van der Waals surface area contributed by atoms with Gasteiger partial charge in [0.1, 0.15) is 0 Å². The number of nitrogens with two attached hydrogens (primary N) is 1. The van der Waals surface area contributed by atoms with E-state index in [2.05, 4.69) is 56.3 Å². The maximum atomic E-state index is 5.97. The molecule has 102 valence electrons. The molecule has 0 aliphatic rings. The van der Waals surface area contributed by atoms with Gasteiger partial charge in [-0.15, -0.1) is 0 Å². The lowest BCUT2D eigenvalue weighted by Crippen LogP contribution is -2.13. The molecule has 2 N–H and O–H groups in total. The zero-order valence-corrected chi connectivity index (χ0v) is 12.4. The molecule has 0 radical (unpaired) electrons. The van der Waals surface area contributed by atoms with E-state index in [9.17, 15) is 0 Å². The first kappa shape index (κ1) is 13.8. The summed E-state index contributed by atoms with van der Waals surface area (Å²) in [5.74, 6) is 0. The first-order valence-electron chi connectivity index (χ1n) is 6.69. The van der Waals surface area contributed by atoms with Crippen LogP contribution in [-0.2, 0) is 12.5 Å². The zero-order chi connectivity index (χ0) is 14.2. The minimum absolute atomic E-state index is 0.0287. The number of aromatic nitrogens is 2. The third-order valence-electron chi connectivity index (χ3n) is 3.26. The predicted molar refractivity (Wildman–Crippen MR) is 79.9 cm³/mol. The van der Waals surface area contributed by atoms with Crippen molar-refractivity contribution in [1.82, 2.24) is 9.78 Å². The standard InChI is InChI=1S/C16H23N3/c1-11(17)12-7-6-8-13(9-12)14-10-19(5)18-15(14)16(2,3)4/h6-11H,17H2,1-5H3. The van der Waals surface area contributed by atoms with Crippen molar-refractivity contribution >= 4 is 0 Å². The molecule has 2 rings (SSSR count). The summed E-state index contributed by atoms with van der Waals surface area (Å²) in [5, 5.41) is 4.62. The van der Waals surface area contributed by atoms with E-state index >= 15 is 0 Å². The number of hydrogen-bond acceptors (Lipinski definition) is 2. The van der Waals surface area contributed by atoms with E-state index in [4.69, 9.17) is 5.73 Å². The molecule has 0 saturated heterocycles. The minimum atomic E-state index is 0.0287. The van der Waals surface area contributed by atoms with Gasteiger partial charge in [0.05, 0.1) is 5.69 Å². The third kappa shape index (κ3) is 2.87. The van der Waals surface area contributed by atoms with Gasteiger partial charge in [0.2, 0.25) is 0 Å². The Hall–Kier alpha value is -1.61. The number of hydrogen-bond donors (Lipinski definition) is 1. The molecule has 0 aliphatic heterocycles. The highest BCUT2D eigenvalue weighted by Gasteiger charge is 2.22. The molecule has 1 aromatic carbocycles. The predicted octanol–water partition coefficient (Wildman–Crippen LogP) is 3.40. The van der Waals surface area contributed by atoms with Crippen molar-refractivity contribution in [3.8, 4) is 11.1 Å². The molecule has 0 fully saturated rings. The fourth-order valence-electron chi connectivity index (χ4n) is 2.24. The molecule has 1 atom stereocenters. The van der Waals surface area contributed by atoms with Gasteiger partial charge in [-0.25, -0.2) is 0 Å². The van der Waals surface area contributed by atoms with Crippen molar-refractivity contribution < 1.29 is 0 Å². The van der Waals surface area contributed by atoms with Crippen LogP contribution >= 0.6 is 0 Å². The maximum Gasteiger partial charge on any atom is 0.0756 e. The SMILES string of the molecule is CC(N)c1cccc(-c2cn(C)nc2C(C)(C)C)c1. The summed E-state index contributed by atoms with van der Waals surface area (Å²) in [6.07, 6.45) is 2.08.